The molecule has 4 rings (SSSR count). The summed E-state index contributed by atoms with van der Waals surface area (Å²) in [4.78, 5) is 6.73. The van der Waals surface area contributed by atoms with Crippen molar-refractivity contribution in [2.24, 2.45) is 0 Å². The van der Waals surface area contributed by atoms with Crippen LogP contribution in [0.2, 0.25) is 0 Å². The molecule has 1 atom stereocenters. The van der Waals surface area contributed by atoms with Crippen molar-refractivity contribution in [1.82, 2.24) is 9.88 Å². The van der Waals surface area contributed by atoms with E-state index in [0.717, 1.165) is 29.9 Å². The quantitative estimate of drug-likeness (QED) is 0.613. The van der Waals surface area contributed by atoms with Crippen molar-refractivity contribution in [2.75, 3.05) is 25.5 Å². The molecule has 7 heteroatoms. The Morgan fingerprint density at radius 2 is 2.07 bits per heavy atom. The first-order valence-corrected chi connectivity index (χ1v) is 10.0. The van der Waals surface area contributed by atoms with Crippen LogP contribution in [0.4, 0.5) is 19.6 Å². The fourth-order valence-corrected chi connectivity index (χ4v) is 4.06. The predicted octanol–water partition coefficient (Wildman–Crippen LogP) is 5.25. The maximum absolute atomic E-state index is 13.5. The number of aromatic nitrogens is 1. The van der Waals surface area contributed by atoms with E-state index < -0.39 is 6.17 Å². The molecule has 1 aliphatic rings. The molecule has 1 aromatic heterocycles. The fraction of sp³-hybridized carbons (Fsp3) is 0.286. The molecule has 0 spiro atoms. The molecule has 0 aliphatic carbocycles. The molecular formula is C21H21F2N3OS. The minimum absolute atomic E-state index is 0.340. The molecule has 3 aromatic rings. The van der Waals surface area contributed by atoms with Gasteiger partial charge in [-0.1, -0.05) is 24.3 Å². The number of hydrogen-bond acceptors (Lipinski definition) is 5. The number of anilines is 2. The first-order chi connectivity index (χ1) is 13.6. The van der Waals surface area contributed by atoms with Crippen LogP contribution >= 0.6 is 11.3 Å². The third-order valence-electron chi connectivity index (χ3n) is 4.78. The average Bonchev–Trinajstić information content (AvgIpc) is 3.32. The van der Waals surface area contributed by atoms with Crippen LogP contribution < -0.4 is 10.1 Å². The van der Waals surface area contributed by atoms with Crippen LogP contribution in [0.5, 0.6) is 5.75 Å². The Labute approximate surface area is 166 Å². The van der Waals surface area contributed by atoms with Gasteiger partial charge in [0, 0.05) is 36.6 Å². The Hall–Kier alpha value is -2.51. The summed E-state index contributed by atoms with van der Waals surface area (Å²) >= 11 is 1.44. The first-order valence-electron chi connectivity index (χ1n) is 9.12. The molecule has 0 radical (unpaired) electrons. The molecule has 1 saturated heterocycles. The Bertz CT molecular complexity index is 945. The lowest BCUT2D eigenvalue weighted by Gasteiger charge is -2.14. The summed E-state index contributed by atoms with van der Waals surface area (Å²) in [6.07, 6.45) is -0.0695. The number of rotatable bonds is 6. The Morgan fingerprint density at radius 3 is 2.79 bits per heavy atom. The fourth-order valence-electron chi connectivity index (χ4n) is 3.32. The molecule has 146 valence electrons. The summed E-state index contributed by atoms with van der Waals surface area (Å²) in [6.45, 7) is 2.10. The molecule has 1 N–H and O–H groups in total. The molecular weight excluding hydrogens is 380 g/mol. The SMILES string of the molecule is COc1ccc(F)cc1Nc1nc(-c2ccc(CN3CC[C@@H](F)C3)cc2)cs1. The van der Waals surface area contributed by atoms with E-state index in [2.05, 4.69) is 27.3 Å². The van der Waals surface area contributed by atoms with E-state index >= 15 is 0 Å². The number of ether oxygens (including phenoxy) is 1. The Morgan fingerprint density at radius 1 is 1.25 bits per heavy atom. The van der Waals surface area contributed by atoms with Gasteiger partial charge in [-0.25, -0.2) is 13.8 Å². The molecule has 1 fully saturated rings. The van der Waals surface area contributed by atoms with Gasteiger partial charge in [-0.2, -0.15) is 0 Å². The molecule has 0 saturated carbocycles. The Kier molecular flexibility index (Phi) is 5.54. The molecule has 2 heterocycles. The normalized spacial score (nSPS) is 17.0. The first kappa shape index (κ1) is 18.8. The van der Waals surface area contributed by atoms with Gasteiger partial charge in [-0.05, 0) is 24.1 Å². The highest BCUT2D eigenvalue weighted by Gasteiger charge is 2.21. The molecule has 0 amide bonds. The van der Waals surface area contributed by atoms with E-state index in [1.807, 2.05) is 17.5 Å². The van der Waals surface area contributed by atoms with E-state index in [0.29, 0.717) is 29.5 Å². The lowest BCUT2D eigenvalue weighted by molar-refractivity contribution is 0.282. The van der Waals surface area contributed by atoms with Crippen molar-refractivity contribution in [1.29, 1.82) is 0 Å². The number of thiazole rings is 1. The monoisotopic (exact) mass is 401 g/mol. The van der Waals surface area contributed by atoms with E-state index in [1.165, 1.54) is 23.5 Å². The summed E-state index contributed by atoms with van der Waals surface area (Å²) in [7, 11) is 1.54. The number of nitrogens with one attached hydrogen (secondary N) is 1. The van der Waals surface area contributed by atoms with Gasteiger partial charge in [0.25, 0.3) is 0 Å². The summed E-state index contributed by atoms with van der Waals surface area (Å²) in [5.41, 5.74) is 3.55. The summed E-state index contributed by atoms with van der Waals surface area (Å²) in [6, 6.07) is 12.5. The number of halogens is 2. The van der Waals surface area contributed by atoms with Crippen LogP contribution in [0.25, 0.3) is 11.3 Å². The van der Waals surface area contributed by atoms with E-state index in [4.69, 9.17) is 4.74 Å². The van der Waals surface area contributed by atoms with Crippen molar-refractivity contribution in [3.63, 3.8) is 0 Å². The number of likely N-dealkylation sites (tertiary alicyclic amines) is 1. The molecule has 0 unspecified atom stereocenters. The Balaban J connectivity index is 1.45. The number of methoxy groups -OCH3 is 1. The summed E-state index contributed by atoms with van der Waals surface area (Å²) in [5, 5.41) is 5.74. The maximum Gasteiger partial charge on any atom is 0.187 e. The second-order valence-electron chi connectivity index (χ2n) is 6.83. The van der Waals surface area contributed by atoms with Gasteiger partial charge < -0.3 is 10.1 Å². The van der Waals surface area contributed by atoms with E-state index in [-0.39, 0.29) is 5.82 Å². The van der Waals surface area contributed by atoms with Crippen LogP contribution in [0.15, 0.2) is 47.8 Å². The largest absolute Gasteiger partial charge is 0.495 e. The van der Waals surface area contributed by atoms with Crippen LogP contribution in [0.1, 0.15) is 12.0 Å². The lowest BCUT2D eigenvalue weighted by Crippen LogP contribution is -2.20. The van der Waals surface area contributed by atoms with E-state index in [1.54, 1.807) is 13.2 Å². The van der Waals surface area contributed by atoms with Crippen LogP contribution in [0.3, 0.4) is 0 Å². The second-order valence-corrected chi connectivity index (χ2v) is 7.68. The zero-order valence-corrected chi connectivity index (χ0v) is 16.3. The highest BCUT2D eigenvalue weighted by atomic mass is 32.1. The topological polar surface area (TPSA) is 37.4 Å². The summed E-state index contributed by atoms with van der Waals surface area (Å²) in [5.74, 6) is 0.215. The number of benzene rings is 2. The lowest BCUT2D eigenvalue weighted by atomic mass is 10.1. The van der Waals surface area contributed by atoms with Crippen molar-refractivity contribution >= 4 is 22.2 Å². The molecule has 1 aliphatic heterocycles. The number of nitrogens with zero attached hydrogens (tertiary/aromatic N) is 2. The summed E-state index contributed by atoms with van der Waals surface area (Å²) < 4.78 is 32.1. The van der Waals surface area contributed by atoms with Crippen LogP contribution in [-0.2, 0) is 6.54 Å². The van der Waals surface area contributed by atoms with Crippen LogP contribution in [-0.4, -0.2) is 36.3 Å². The van der Waals surface area contributed by atoms with Gasteiger partial charge in [0.2, 0.25) is 0 Å². The molecule has 28 heavy (non-hydrogen) atoms. The standard InChI is InChI=1S/C21H21F2N3OS/c1-27-20-7-6-16(22)10-18(20)24-21-25-19(13-28-21)15-4-2-14(3-5-15)11-26-9-8-17(23)12-26/h2-7,10,13,17H,8-9,11-12H2,1H3,(H,24,25)/t17-/m1/s1. The second kappa shape index (κ2) is 8.24. The maximum atomic E-state index is 13.5. The molecule has 2 aromatic carbocycles. The van der Waals surface area contributed by atoms with Gasteiger partial charge in [-0.3, -0.25) is 4.90 Å². The minimum Gasteiger partial charge on any atom is -0.495 e. The van der Waals surface area contributed by atoms with Gasteiger partial charge in [0.05, 0.1) is 18.5 Å². The van der Waals surface area contributed by atoms with Crippen molar-refractivity contribution in [3.05, 3.63) is 59.2 Å². The zero-order chi connectivity index (χ0) is 19.5. The van der Waals surface area contributed by atoms with Gasteiger partial charge in [0.15, 0.2) is 5.13 Å². The molecule has 4 nitrogen and oxygen atoms in total. The highest BCUT2D eigenvalue weighted by molar-refractivity contribution is 7.14. The third kappa shape index (κ3) is 4.31. The van der Waals surface area contributed by atoms with Crippen molar-refractivity contribution < 1.29 is 13.5 Å². The van der Waals surface area contributed by atoms with Gasteiger partial charge in [-0.15, -0.1) is 11.3 Å². The number of alkyl halides is 1. The average molecular weight is 401 g/mol. The zero-order valence-electron chi connectivity index (χ0n) is 15.5. The van der Waals surface area contributed by atoms with Crippen molar-refractivity contribution in [2.45, 2.75) is 19.1 Å². The smallest absolute Gasteiger partial charge is 0.187 e. The van der Waals surface area contributed by atoms with Gasteiger partial charge >= 0.3 is 0 Å². The van der Waals surface area contributed by atoms with Crippen molar-refractivity contribution in [3.8, 4) is 17.0 Å². The van der Waals surface area contributed by atoms with Gasteiger partial charge in [0.1, 0.15) is 17.7 Å². The van der Waals surface area contributed by atoms with Crippen LogP contribution in [0, 0.1) is 5.82 Å². The highest BCUT2D eigenvalue weighted by Crippen LogP contribution is 2.32. The van der Waals surface area contributed by atoms with E-state index in [9.17, 15) is 8.78 Å². The third-order valence-corrected chi connectivity index (χ3v) is 5.54. The number of hydrogen-bond donors (Lipinski definition) is 1. The minimum atomic E-state index is -0.697. The predicted molar refractivity (Wildman–Crippen MR) is 109 cm³/mol. The molecule has 0 bridgehead atoms.